The number of aryl methyl sites for hydroxylation is 2. The normalized spacial score (nSPS) is 18.7. The molecule has 5 rings (SSSR count). The van der Waals surface area contributed by atoms with E-state index < -0.39 is 10.0 Å². The Morgan fingerprint density at radius 2 is 1.62 bits per heavy atom. The van der Waals surface area contributed by atoms with E-state index in [1.165, 1.54) is 15.9 Å². The third kappa shape index (κ3) is 4.12. The first kappa shape index (κ1) is 21.0. The number of hydrogen-bond donors (Lipinski definition) is 0. The highest BCUT2D eigenvalue weighted by Crippen LogP contribution is 2.31. The Balaban J connectivity index is 1.20. The Kier molecular flexibility index (Phi) is 5.65. The van der Waals surface area contributed by atoms with E-state index in [-0.39, 0.29) is 5.91 Å². The van der Waals surface area contributed by atoms with Crippen LogP contribution in [0.2, 0.25) is 0 Å². The number of hydrogen-bond acceptors (Lipinski definition) is 5. The van der Waals surface area contributed by atoms with Crippen molar-refractivity contribution in [2.24, 2.45) is 0 Å². The van der Waals surface area contributed by atoms with Gasteiger partial charge in [0.2, 0.25) is 15.9 Å². The quantitative estimate of drug-likeness (QED) is 0.664. The number of ether oxygens (including phenoxy) is 2. The molecule has 0 bridgehead atoms. The van der Waals surface area contributed by atoms with Crippen LogP contribution >= 0.6 is 0 Å². The number of rotatable bonds is 4. The predicted molar refractivity (Wildman–Crippen MR) is 120 cm³/mol. The average molecular weight is 455 g/mol. The highest BCUT2D eigenvalue weighted by atomic mass is 32.2. The fourth-order valence-electron chi connectivity index (χ4n) is 4.44. The van der Waals surface area contributed by atoms with E-state index in [0.29, 0.717) is 55.8 Å². The number of amides is 1. The summed E-state index contributed by atoms with van der Waals surface area (Å²) in [6, 6.07) is 11.0. The van der Waals surface area contributed by atoms with Gasteiger partial charge in [0.1, 0.15) is 13.2 Å². The van der Waals surface area contributed by atoms with E-state index in [0.717, 1.165) is 30.4 Å². The Labute approximate surface area is 188 Å². The van der Waals surface area contributed by atoms with Crippen LogP contribution in [-0.2, 0) is 27.7 Å². The summed E-state index contributed by atoms with van der Waals surface area (Å²) in [5.41, 5.74) is 3.24. The van der Waals surface area contributed by atoms with E-state index in [2.05, 4.69) is 0 Å². The van der Waals surface area contributed by atoms with Crippen molar-refractivity contribution in [3.05, 3.63) is 59.2 Å². The third-order valence-electron chi connectivity index (χ3n) is 6.24. The maximum absolute atomic E-state index is 13.1. The molecular formula is C24H26N2O5S. The summed E-state index contributed by atoms with van der Waals surface area (Å²) in [7, 11) is -3.55. The monoisotopic (exact) mass is 454 g/mol. The van der Waals surface area contributed by atoms with E-state index in [1.54, 1.807) is 17.0 Å². The third-order valence-corrected chi connectivity index (χ3v) is 8.14. The smallest absolute Gasteiger partial charge is 0.246 e. The summed E-state index contributed by atoms with van der Waals surface area (Å²) in [5, 5.41) is 0. The minimum absolute atomic E-state index is 0.130. The lowest BCUT2D eigenvalue weighted by molar-refractivity contribution is -0.127. The largest absolute Gasteiger partial charge is 0.486 e. The van der Waals surface area contributed by atoms with E-state index in [1.807, 2.05) is 30.3 Å². The van der Waals surface area contributed by atoms with Crippen molar-refractivity contribution in [1.82, 2.24) is 9.21 Å². The van der Waals surface area contributed by atoms with E-state index in [9.17, 15) is 13.2 Å². The molecule has 1 fully saturated rings. The molecule has 168 valence electrons. The molecule has 8 heteroatoms. The fourth-order valence-corrected chi connectivity index (χ4v) is 5.92. The maximum Gasteiger partial charge on any atom is 0.246 e. The first-order valence-electron chi connectivity index (χ1n) is 11.0. The zero-order chi connectivity index (χ0) is 22.1. The molecule has 0 atom stereocenters. The van der Waals surface area contributed by atoms with Crippen LogP contribution in [0.3, 0.4) is 0 Å². The lowest BCUT2D eigenvalue weighted by Crippen LogP contribution is -2.50. The summed E-state index contributed by atoms with van der Waals surface area (Å²) in [5.74, 6) is 1.26. The molecular weight excluding hydrogens is 428 g/mol. The second-order valence-corrected chi connectivity index (χ2v) is 10.2. The fraction of sp³-hybridized carbons (Fsp3) is 0.375. The number of carbonyl (C=O) groups excluding carboxylic acids is 1. The van der Waals surface area contributed by atoms with Crippen molar-refractivity contribution >= 4 is 22.0 Å². The van der Waals surface area contributed by atoms with Crippen LogP contribution in [0, 0.1) is 0 Å². The van der Waals surface area contributed by atoms with Gasteiger partial charge in [0.25, 0.3) is 0 Å². The van der Waals surface area contributed by atoms with Crippen molar-refractivity contribution in [1.29, 1.82) is 0 Å². The molecule has 0 N–H and O–H groups in total. The molecule has 3 aliphatic rings. The number of benzene rings is 2. The number of sulfonamides is 1. The van der Waals surface area contributed by atoms with Crippen LogP contribution in [0.5, 0.6) is 11.5 Å². The minimum atomic E-state index is -3.55. The molecule has 2 aliphatic heterocycles. The van der Waals surface area contributed by atoms with E-state index >= 15 is 0 Å². The Morgan fingerprint density at radius 1 is 0.875 bits per heavy atom. The van der Waals surface area contributed by atoms with Gasteiger partial charge in [0.05, 0.1) is 4.90 Å². The van der Waals surface area contributed by atoms with Crippen LogP contribution in [0.15, 0.2) is 47.4 Å². The van der Waals surface area contributed by atoms with Crippen LogP contribution in [0.25, 0.3) is 6.08 Å². The molecule has 0 aromatic heterocycles. The summed E-state index contributed by atoms with van der Waals surface area (Å²) in [4.78, 5) is 14.7. The molecule has 32 heavy (non-hydrogen) atoms. The molecule has 2 heterocycles. The molecule has 0 radical (unpaired) electrons. The van der Waals surface area contributed by atoms with Crippen LogP contribution in [0.1, 0.15) is 23.1 Å². The van der Waals surface area contributed by atoms with Gasteiger partial charge >= 0.3 is 0 Å². The summed E-state index contributed by atoms with van der Waals surface area (Å²) in [6.45, 7) is 2.38. The Morgan fingerprint density at radius 3 is 2.44 bits per heavy atom. The van der Waals surface area contributed by atoms with Gasteiger partial charge in [-0.15, -0.1) is 0 Å². The molecule has 1 amide bonds. The molecule has 7 nitrogen and oxygen atoms in total. The highest BCUT2D eigenvalue weighted by molar-refractivity contribution is 7.89. The first-order valence-corrected chi connectivity index (χ1v) is 12.4. The predicted octanol–water partition coefficient (Wildman–Crippen LogP) is 2.49. The average Bonchev–Trinajstić information content (AvgIpc) is 3.30. The van der Waals surface area contributed by atoms with Crippen molar-refractivity contribution in [2.45, 2.75) is 24.2 Å². The molecule has 1 aliphatic carbocycles. The van der Waals surface area contributed by atoms with Gasteiger partial charge in [0, 0.05) is 32.3 Å². The minimum Gasteiger partial charge on any atom is -0.486 e. The lowest BCUT2D eigenvalue weighted by atomic mass is 10.1. The van der Waals surface area contributed by atoms with Crippen LogP contribution in [-0.4, -0.2) is 62.9 Å². The second-order valence-electron chi connectivity index (χ2n) is 8.25. The van der Waals surface area contributed by atoms with Crippen molar-refractivity contribution in [3.8, 4) is 11.5 Å². The van der Waals surface area contributed by atoms with Crippen LogP contribution < -0.4 is 9.47 Å². The number of carbonyl (C=O) groups is 1. The van der Waals surface area contributed by atoms with Crippen LogP contribution in [0.4, 0.5) is 0 Å². The first-order chi connectivity index (χ1) is 15.5. The number of nitrogens with zero attached hydrogens (tertiary/aromatic N) is 2. The molecule has 0 saturated carbocycles. The Hall–Kier alpha value is -2.84. The van der Waals surface area contributed by atoms with Crippen molar-refractivity contribution in [3.63, 3.8) is 0 Å². The zero-order valence-electron chi connectivity index (χ0n) is 17.8. The SMILES string of the molecule is O=C(/C=C/c1ccc2c(c1)OCCO2)N1CCN(S(=O)(=O)c2ccc3c(c2)CCC3)CC1. The molecule has 2 aromatic rings. The standard InChI is InChI=1S/C24H26N2O5S/c27-24(9-5-18-4-8-22-23(16-18)31-15-14-30-22)25-10-12-26(13-11-25)32(28,29)21-7-6-19-2-1-3-20(19)17-21/h4-9,16-17H,1-3,10-15H2/b9-5+. The van der Waals surface area contributed by atoms with Gasteiger partial charge in [-0.1, -0.05) is 12.1 Å². The number of fused-ring (bicyclic) bond motifs is 2. The van der Waals surface area contributed by atoms with Crippen molar-refractivity contribution in [2.75, 3.05) is 39.4 Å². The molecule has 2 aromatic carbocycles. The maximum atomic E-state index is 13.1. The summed E-state index contributed by atoms with van der Waals surface area (Å²) < 4.78 is 38.7. The lowest BCUT2D eigenvalue weighted by Gasteiger charge is -2.33. The summed E-state index contributed by atoms with van der Waals surface area (Å²) in [6.07, 6.45) is 6.32. The highest BCUT2D eigenvalue weighted by Gasteiger charge is 2.30. The zero-order valence-corrected chi connectivity index (χ0v) is 18.6. The van der Waals surface area contributed by atoms with Gasteiger partial charge in [0.15, 0.2) is 11.5 Å². The molecule has 0 unspecified atom stereocenters. The van der Waals surface area contributed by atoms with Gasteiger partial charge in [-0.05, 0) is 66.3 Å². The Bertz CT molecular complexity index is 1170. The summed E-state index contributed by atoms with van der Waals surface area (Å²) >= 11 is 0. The van der Waals surface area contributed by atoms with Gasteiger partial charge in [-0.3, -0.25) is 4.79 Å². The number of piperazine rings is 1. The van der Waals surface area contributed by atoms with E-state index in [4.69, 9.17) is 9.47 Å². The second kappa shape index (κ2) is 8.60. The van der Waals surface area contributed by atoms with Gasteiger partial charge < -0.3 is 14.4 Å². The molecule has 1 saturated heterocycles. The topological polar surface area (TPSA) is 76.2 Å². The molecule has 0 spiro atoms. The van der Waals surface area contributed by atoms with Gasteiger partial charge in [-0.2, -0.15) is 4.31 Å². The van der Waals surface area contributed by atoms with Gasteiger partial charge in [-0.25, -0.2) is 8.42 Å². The van der Waals surface area contributed by atoms with Crippen molar-refractivity contribution < 1.29 is 22.7 Å².